The predicted octanol–water partition coefficient (Wildman–Crippen LogP) is 9.12. The van der Waals surface area contributed by atoms with Crippen molar-refractivity contribution in [2.24, 2.45) is 10.2 Å². The van der Waals surface area contributed by atoms with Crippen molar-refractivity contribution in [3.05, 3.63) is 58.6 Å². The van der Waals surface area contributed by atoms with Gasteiger partial charge in [0.15, 0.2) is 0 Å². The van der Waals surface area contributed by atoms with E-state index in [4.69, 9.17) is 0 Å². The van der Waals surface area contributed by atoms with Crippen LogP contribution in [0.25, 0.3) is 0 Å². The number of nitro benzene ring substituents is 1. The van der Waals surface area contributed by atoms with E-state index in [-0.39, 0.29) is 5.69 Å². The molecule has 32 heavy (non-hydrogen) atoms. The van der Waals surface area contributed by atoms with E-state index >= 15 is 0 Å². The lowest BCUT2D eigenvalue weighted by Crippen LogP contribution is -2.00. The Balaban J connectivity index is 1.52. The van der Waals surface area contributed by atoms with Gasteiger partial charge in [0.2, 0.25) is 0 Å². The molecule has 6 nitrogen and oxygen atoms in total. The Labute approximate surface area is 192 Å². The molecule has 0 bridgehead atoms. The molecule has 1 N–H and O–H groups in total. The zero-order chi connectivity index (χ0) is 22.9. The third-order valence-corrected chi connectivity index (χ3v) is 5.57. The van der Waals surface area contributed by atoms with Crippen LogP contribution in [0.5, 0.6) is 0 Å². The Hall–Kier alpha value is -2.76. The molecule has 0 aromatic heterocycles. The molecule has 0 heterocycles. The number of benzene rings is 2. The topological polar surface area (TPSA) is 79.9 Å². The molecule has 0 spiro atoms. The van der Waals surface area contributed by atoms with Gasteiger partial charge in [0.05, 0.1) is 16.3 Å². The summed E-state index contributed by atoms with van der Waals surface area (Å²) in [5.41, 5.74) is 2.47. The number of nitrogens with zero attached hydrogens (tertiary/aromatic N) is 3. The Bertz CT molecular complexity index is 788. The van der Waals surface area contributed by atoms with E-state index in [1.807, 2.05) is 24.3 Å². The summed E-state index contributed by atoms with van der Waals surface area (Å²) in [5.74, 6) is 0. The van der Waals surface area contributed by atoms with Gasteiger partial charge in [0, 0.05) is 24.4 Å². The van der Waals surface area contributed by atoms with Gasteiger partial charge < -0.3 is 5.32 Å². The summed E-state index contributed by atoms with van der Waals surface area (Å²) < 4.78 is 0. The summed E-state index contributed by atoms with van der Waals surface area (Å²) in [4.78, 5) is 10.3. The highest BCUT2D eigenvalue weighted by molar-refractivity contribution is 5.51. The van der Waals surface area contributed by atoms with Gasteiger partial charge in [0.1, 0.15) is 0 Å². The normalized spacial score (nSPS) is 11.2. The quantitative estimate of drug-likeness (QED) is 0.116. The molecule has 0 amide bonds. The lowest BCUT2D eigenvalue weighted by molar-refractivity contribution is -0.384. The average Bonchev–Trinajstić information content (AvgIpc) is 2.81. The first-order chi connectivity index (χ1) is 15.7. The summed E-state index contributed by atoms with van der Waals surface area (Å²) in [6, 6.07) is 13.9. The number of azo groups is 1. The fraction of sp³-hybridized carbons (Fsp3) is 0.538. The molecule has 0 fully saturated rings. The van der Waals surface area contributed by atoms with Crippen molar-refractivity contribution < 1.29 is 4.92 Å². The molecular weight excluding hydrogens is 400 g/mol. The van der Waals surface area contributed by atoms with Gasteiger partial charge in [-0.15, -0.1) is 0 Å². The standard InChI is InChI=1S/C26H38N4O2/c1-2-3-4-5-6-7-8-9-10-11-12-13-22-27-23-14-16-24(17-15-23)28-29-25-18-20-26(21-19-25)30(31)32/h14-21,27H,2-13,22H2,1H3. The molecule has 0 aliphatic heterocycles. The van der Waals surface area contributed by atoms with Crippen LogP contribution in [-0.2, 0) is 0 Å². The third-order valence-electron chi connectivity index (χ3n) is 5.57. The molecule has 0 atom stereocenters. The summed E-state index contributed by atoms with van der Waals surface area (Å²) >= 11 is 0. The zero-order valence-electron chi connectivity index (χ0n) is 19.5. The number of hydrogen-bond donors (Lipinski definition) is 1. The van der Waals surface area contributed by atoms with Crippen LogP contribution in [0.1, 0.15) is 84.0 Å². The first-order valence-electron chi connectivity index (χ1n) is 12.2. The van der Waals surface area contributed by atoms with Gasteiger partial charge in [-0.05, 0) is 42.8 Å². The maximum Gasteiger partial charge on any atom is 0.269 e. The number of unbranched alkanes of at least 4 members (excludes halogenated alkanes) is 11. The number of nitrogens with one attached hydrogen (secondary N) is 1. The second-order valence-corrected chi connectivity index (χ2v) is 8.34. The van der Waals surface area contributed by atoms with Crippen molar-refractivity contribution in [1.82, 2.24) is 0 Å². The first-order valence-corrected chi connectivity index (χ1v) is 12.2. The fourth-order valence-corrected chi connectivity index (χ4v) is 3.60. The minimum atomic E-state index is -0.427. The van der Waals surface area contributed by atoms with E-state index in [1.165, 1.54) is 89.2 Å². The lowest BCUT2D eigenvalue weighted by Gasteiger charge is -2.06. The molecule has 0 aliphatic rings. The SMILES string of the molecule is CCCCCCCCCCCCCCNc1ccc(N=Nc2ccc([N+](=O)[O-])cc2)cc1. The number of rotatable bonds is 17. The number of hydrogen-bond acceptors (Lipinski definition) is 5. The lowest BCUT2D eigenvalue weighted by atomic mass is 10.1. The average molecular weight is 439 g/mol. The van der Waals surface area contributed by atoms with Gasteiger partial charge in [-0.2, -0.15) is 10.2 Å². The van der Waals surface area contributed by atoms with Crippen LogP contribution >= 0.6 is 0 Å². The van der Waals surface area contributed by atoms with Crippen molar-refractivity contribution >= 4 is 22.7 Å². The predicted molar refractivity (Wildman–Crippen MR) is 133 cm³/mol. The molecule has 0 unspecified atom stereocenters. The van der Waals surface area contributed by atoms with Gasteiger partial charge in [-0.3, -0.25) is 10.1 Å². The molecule has 0 saturated carbocycles. The van der Waals surface area contributed by atoms with Gasteiger partial charge >= 0.3 is 0 Å². The van der Waals surface area contributed by atoms with Crippen molar-refractivity contribution in [2.45, 2.75) is 84.0 Å². The van der Waals surface area contributed by atoms with E-state index in [9.17, 15) is 10.1 Å². The van der Waals surface area contributed by atoms with Crippen LogP contribution in [0.3, 0.4) is 0 Å². The summed E-state index contributed by atoms with van der Waals surface area (Å²) in [6.45, 7) is 3.26. The van der Waals surface area contributed by atoms with E-state index in [1.54, 1.807) is 12.1 Å². The maximum absolute atomic E-state index is 10.7. The number of anilines is 1. The van der Waals surface area contributed by atoms with E-state index in [0.29, 0.717) is 5.69 Å². The maximum atomic E-state index is 10.7. The monoisotopic (exact) mass is 438 g/mol. The Morgan fingerprint density at radius 2 is 1.12 bits per heavy atom. The molecule has 0 radical (unpaired) electrons. The van der Waals surface area contributed by atoms with Crippen molar-refractivity contribution in [2.75, 3.05) is 11.9 Å². The van der Waals surface area contributed by atoms with Crippen molar-refractivity contribution in [1.29, 1.82) is 0 Å². The molecule has 0 saturated heterocycles. The Kier molecular flexibility index (Phi) is 12.7. The highest BCUT2D eigenvalue weighted by Gasteiger charge is 2.03. The molecule has 2 aromatic carbocycles. The van der Waals surface area contributed by atoms with Crippen LogP contribution < -0.4 is 5.32 Å². The Morgan fingerprint density at radius 1 is 0.688 bits per heavy atom. The largest absolute Gasteiger partial charge is 0.385 e. The first kappa shape index (κ1) is 25.5. The third kappa shape index (κ3) is 11.0. The highest BCUT2D eigenvalue weighted by Crippen LogP contribution is 2.22. The summed E-state index contributed by atoms with van der Waals surface area (Å²) in [7, 11) is 0. The molecule has 174 valence electrons. The molecule has 2 aromatic rings. The smallest absolute Gasteiger partial charge is 0.269 e. The second-order valence-electron chi connectivity index (χ2n) is 8.34. The minimum absolute atomic E-state index is 0.0487. The molecular formula is C26H38N4O2. The molecule has 6 heteroatoms. The Morgan fingerprint density at radius 3 is 1.59 bits per heavy atom. The van der Waals surface area contributed by atoms with Crippen LogP contribution in [0.15, 0.2) is 58.8 Å². The van der Waals surface area contributed by atoms with E-state index in [0.717, 1.165) is 17.9 Å². The van der Waals surface area contributed by atoms with E-state index in [2.05, 4.69) is 22.5 Å². The van der Waals surface area contributed by atoms with Crippen molar-refractivity contribution in [3.63, 3.8) is 0 Å². The van der Waals surface area contributed by atoms with Gasteiger partial charge in [0.25, 0.3) is 5.69 Å². The van der Waals surface area contributed by atoms with E-state index < -0.39 is 4.92 Å². The molecule has 2 rings (SSSR count). The fourth-order valence-electron chi connectivity index (χ4n) is 3.60. The summed E-state index contributed by atoms with van der Waals surface area (Å²) in [5, 5.41) is 22.5. The van der Waals surface area contributed by atoms with Crippen molar-refractivity contribution in [3.8, 4) is 0 Å². The second kappa shape index (κ2) is 16.0. The van der Waals surface area contributed by atoms with Gasteiger partial charge in [-0.25, -0.2) is 0 Å². The highest BCUT2D eigenvalue weighted by atomic mass is 16.6. The van der Waals surface area contributed by atoms with Crippen LogP contribution in [0.2, 0.25) is 0 Å². The van der Waals surface area contributed by atoms with Crippen LogP contribution in [0, 0.1) is 10.1 Å². The zero-order valence-corrected chi connectivity index (χ0v) is 19.5. The van der Waals surface area contributed by atoms with Crippen LogP contribution in [0.4, 0.5) is 22.7 Å². The minimum Gasteiger partial charge on any atom is -0.385 e. The van der Waals surface area contributed by atoms with Gasteiger partial charge in [-0.1, -0.05) is 77.6 Å². The van der Waals surface area contributed by atoms with Crippen LogP contribution in [-0.4, -0.2) is 11.5 Å². The number of non-ortho nitro benzene ring substituents is 1. The number of nitro groups is 1. The summed E-state index contributed by atoms with van der Waals surface area (Å²) in [6.07, 6.45) is 16.4. The molecule has 0 aliphatic carbocycles.